The molecule has 7 N–H and O–H groups in total. The second-order valence-electron chi connectivity index (χ2n) is 13.4. The third kappa shape index (κ3) is 2.69. The number of piperazine rings is 2. The number of aliphatic hydroxyl groups is 3. The Kier molecular flexibility index (Phi) is 5.44. The van der Waals surface area contributed by atoms with E-state index in [0.29, 0.717) is 22.5 Å². The Morgan fingerprint density at radius 3 is 2.13 bits per heavy atom. The van der Waals surface area contributed by atoms with Gasteiger partial charge in [-0.1, -0.05) is 50.2 Å². The number of nitrogens with zero attached hydrogens (tertiary/aromatic N) is 4. The lowest BCUT2D eigenvalue weighted by Crippen LogP contribution is -2.75. The van der Waals surface area contributed by atoms with Crippen LogP contribution in [0.4, 0.5) is 11.4 Å². The lowest BCUT2D eigenvalue weighted by atomic mass is 9.54. The highest BCUT2D eigenvalue weighted by Gasteiger charge is 2.84. The third-order valence-corrected chi connectivity index (χ3v) is 11.5. The standard InChI is InChI=1S/C32H35N7O7/c1-15(2)31(33)27(44)38-20(22(41)37(31)4)13-29(16-9-5-7-11-18(16)34-25(29)38)30-17-10-6-8-12-19(17)35-26(30)39-23(42)21(14-40)36(3)28(45)32(39,46)24(30)43/h5-13,15,21,24-26,34-35,40,43,46H,14,33H2,1-4H3. The number of hydrogen-bond donors (Lipinski definition) is 6. The van der Waals surface area contributed by atoms with Gasteiger partial charge in [0.25, 0.3) is 29.4 Å². The molecule has 0 spiro atoms. The van der Waals surface area contributed by atoms with Gasteiger partial charge in [-0.3, -0.25) is 29.0 Å². The molecular weight excluding hydrogens is 594 g/mol. The highest BCUT2D eigenvalue weighted by molar-refractivity contribution is 6.09. The van der Waals surface area contributed by atoms with Crippen LogP contribution in [0.2, 0.25) is 0 Å². The van der Waals surface area contributed by atoms with E-state index in [1.54, 1.807) is 62.4 Å². The Bertz CT molecular complexity index is 1820. The Hall–Kier alpha value is -4.50. The van der Waals surface area contributed by atoms with Crippen LogP contribution >= 0.6 is 0 Å². The number of nitrogens with two attached hydrogens (primary N) is 1. The van der Waals surface area contributed by atoms with Gasteiger partial charge in [-0.05, 0) is 35.3 Å². The van der Waals surface area contributed by atoms with Gasteiger partial charge in [0.2, 0.25) is 0 Å². The molecule has 2 aromatic rings. The number of nitrogens with one attached hydrogen (secondary N) is 2. The molecule has 14 nitrogen and oxygen atoms in total. The molecule has 6 heterocycles. The largest absolute Gasteiger partial charge is 0.394 e. The van der Waals surface area contributed by atoms with E-state index < -0.39 is 82.8 Å². The predicted octanol–water partition coefficient (Wildman–Crippen LogP) is -1.40. The Labute approximate surface area is 264 Å². The van der Waals surface area contributed by atoms with Gasteiger partial charge in [-0.15, -0.1) is 0 Å². The summed E-state index contributed by atoms with van der Waals surface area (Å²) in [7, 11) is 2.76. The van der Waals surface area contributed by atoms with Crippen molar-refractivity contribution in [3.8, 4) is 0 Å². The molecule has 0 radical (unpaired) electrons. The molecule has 8 unspecified atom stereocenters. The smallest absolute Gasteiger partial charge is 0.279 e. The molecule has 3 saturated heterocycles. The van der Waals surface area contributed by atoms with Crippen molar-refractivity contribution in [3.63, 3.8) is 0 Å². The molecule has 6 aliphatic rings. The highest BCUT2D eigenvalue weighted by atomic mass is 16.4. The average molecular weight is 630 g/mol. The van der Waals surface area contributed by atoms with Crippen molar-refractivity contribution in [3.05, 3.63) is 71.4 Å². The Balaban J connectivity index is 1.48. The Morgan fingerprint density at radius 1 is 0.913 bits per heavy atom. The van der Waals surface area contributed by atoms with Gasteiger partial charge in [-0.25, -0.2) is 0 Å². The van der Waals surface area contributed by atoms with Crippen molar-refractivity contribution in [1.29, 1.82) is 0 Å². The fourth-order valence-corrected chi connectivity index (χ4v) is 9.21. The van der Waals surface area contributed by atoms with E-state index >= 15 is 0 Å². The summed E-state index contributed by atoms with van der Waals surface area (Å²) in [4.78, 5) is 61.5. The molecule has 8 rings (SSSR count). The van der Waals surface area contributed by atoms with Gasteiger partial charge in [0.1, 0.15) is 30.2 Å². The summed E-state index contributed by atoms with van der Waals surface area (Å²) in [6.07, 6.45) is -2.70. The second kappa shape index (κ2) is 8.64. The maximum atomic E-state index is 14.6. The van der Waals surface area contributed by atoms with E-state index in [-0.39, 0.29) is 5.70 Å². The van der Waals surface area contributed by atoms with Crippen LogP contribution in [-0.2, 0) is 30.0 Å². The van der Waals surface area contributed by atoms with Gasteiger partial charge in [0.15, 0.2) is 5.66 Å². The van der Waals surface area contributed by atoms with E-state index in [1.807, 2.05) is 6.07 Å². The number of amides is 4. The van der Waals surface area contributed by atoms with Crippen LogP contribution in [0.3, 0.4) is 0 Å². The molecule has 0 bridgehead atoms. The molecule has 14 heteroatoms. The molecular formula is C32H35N7O7. The van der Waals surface area contributed by atoms with Crippen molar-refractivity contribution in [2.75, 3.05) is 31.3 Å². The first-order valence-electron chi connectivity index (χ1n) is 15.2. The molecule has 0 saturated carbocycles. The minimum absolute atomic E-state index is 0.0193. The van der Waals surface area contributed by atoms with Crippen LogP contribution in [0.15, 0.2) is 60.3 Å². The number of likely N-dealkylation sites (N-methyl/N-ethyl adjacent to an activating group) is 2. The zero-order valence-corrected chi connectivity index (χ0v) is 25.6. The van der Waals surface area contributed by atoms with Crippen LogP contribution in [0.5, 0.6) is 0 Å². The van der Waals surface area contributed by atoms with E-state index in [0.717, 1.165) is 9.80 Å². The van der Waals surface area contributed by atoms with Gasteiger partial charge in [-0.2, -0.15) is 0 Å². The summed E-state index contributed by atoms with van der Waals surface area (Å²) in [5.41, 5.74) is 1.12. The zero-order valence-electron chi connectivity index (χ0n) is 25.6. The molecule has 8 atom stereocenters. The fraction of sp³-hybridized carbons (Fsp3) is 0.438. The first-order chi connectivity index (χ1) is 21.8. The molecule has 240 valence electrons. The molecule has 3 fully saturated rings. The van der Waals surface area contributed by atoms with Gasteiger partial charge < -0.3 is 41.5 Å². The number of anilines is 2. The number of carbonyl (C=O) groups excluding carboxylic acids is 4. The normalized spacial score (nSPS) is 38.7. The van der Waals surface area contributed by atoms with Crippen LogP contribution in [-0.4, -0.2) is 115 Å². The molecule has 46 heavy (non-hydrogen) atoms. The van der Waals surface area contributed by atoms with Crippen LogP contribution < -0.4 is 16.4 Å². The molecule has 6 aliphatic heterocycles. The number of benzene rings is 2. The highest BCUT2D eigenvalue weighted by Crippen LogP contribution is 2.69. The first-order valence-corrected chi connectivity index (χ1v) is 15.2. The van der Waals surface area contributed by atoms with Gasteiger partial charge in [0, 0.05) is 25.5 Å². The Morgan fingerprint density at radius 2 is 1.50 bits per heavy atom. The fourth-order valence-electron chi connectivity index (χ4n) is 9.21. The zero-order chi connectivity index (χ0) is 32.9. The maximum Gasteiger partial charge on any atom is 0.279 e. The summed E-state index contributed by atoms with van der Waals surface area (Å²) in [6.45, 7) is 2.79. The van der Waals surface area contributed by atoms with E-state index in [2.05, 4.69) is 10.6 Å². The number of hydrogen-bond acceptors (Lipinski definition) is 10. The number of rotatable bonds is 3. The lowest BCUT2D eigenvalue weighted by molar-refractivity contribution is -0.209. The van der Waals surface area contributed by atoms with Crippen molar-refractivity contribution < 1.29 is 34.5 Å². The third-order valence-electron chi connectivity index (χ3n) is 11.5. The van der Waals surface area contributed by atoms with Crippen LogP contribution in [0, 0.1) is 5.92 Å². The summed E-state index contributed by atoms with van der Waals surface area (Å²) in [5.74, 6) is -3.31. The van der Waals surface area contributed by atoms with Gasteiger partial charge in [0.05, 0.1) is 17.4 Å². The van der Waals surface area contributed by atoms with Gasteiger partial charge >= 0.3 is 0 Å². The number of carbonyl (C=O) groups is 4. The number of para-hydroxylation sites is 2. The minimum Gasteiger partial charge on any atom is -0.394 e. The lowest BCUT2D eigenvalue weighted by Gasteiger charge is -2.51. The predicted molar refractivity (Wildman–Crippen MR) is 162 cm³/mol. The minimum atomic E-state index is -2.78. The topological polar surface area (TPSA) is 192 Å². The quantitative estimate of drug-likeness (QED) is 0.235. The van der Waals surface area contributed by atoms with Crippen molar-refractivity contribution in [2.24, 2.45) is 11.7 Å². The van der Waals surface area contributed by atoms with Crippen molar-refractivity contribution >= 4 is 35.0 Å². The van der Waals surface area contributed by atoms with Crippen LogP contribution in [0.1, 0.15) is 25.0 Å². The number of aliphatic hydroxyl groups excluding tert-OH is 2. The summed E-state index contributed by atoms with van der Waals surface area (Å²) in [6, 6.07) is 12.9. The van der Waals surface area contributed by atoms with Crippen LogP contribution in [0.25, 0.3) is 0 Å². The molecule has 4 amide bonds. The monoisotopic (exact) mass is 629 g/mol. The van der Waals surface area contributed by atoms with Crippen molar-refractivity contribution in [1.82, 2.24) is 19.6 Å². The molecule has 2 aromatic carbocycles. The first kappa shape index (κ1) is 28.9. The summed E-state index contributed by atoms with van der Waals surface area (Å²) >= 11 is 0. The van der Waals surface area contributed by atoms with E-state index in [1.165, 1.54) is 23.9 Å². The SMILES string of the molecule is CC(C)C1(N)C(=O)N2C(=CC3(C45c6ccccc6NC4N4C(=O)C(CO)N(C)C(=O)C4(O)C5O)c4ccccc4NC23)C(=O)N1C. The maximum absolute atomic E-state index is 14.6. The van der Waals surface area contributed by atoms with E-state index in [9.17, 15) is 34.5 Å². The second-order valence-corrected chi connectivity index (χ2v) is 13.4. The average Bonchev–Trinajstić information content (AvgIpc) is 3.71. The summed E-state index contributed by atoms with van der Waals surface area (Å²) < 4.78 is 0. The van der Waals surface area contributed by atoms with E-state index in [4.69, 9.17) is 5.73 Å². The number of fused-ring (bicyclic) bond motifs is 11. The van der Waals surface area contributed by atoms with Crippen molar-refractivity contribution in [2.45, 2.75) is 60.5 Å². The molecule has 0 aromatic heterocycles. The summed E-state index contributed by atoms with van der Waals surface area (Å²) in [5, 5.41) is 42.1. The molecule has 0 aliphatic carbocycles.